The Balaban J connectivity index is 1.84. The van der Waals surface area contributed by atoms with E-state index in [4.69, 9.17) is 4.74 Å². The number of fused-ring (bicyclic) bond motifs is 1. The van der Waals surface area contributed by atoms with Gasteiger partial charge < -0.3 is 9.47 Å². The standard InChI is InChI=1S/C28H25BrF2N2O4S/c1-28(2,3)24(34)14-25-33(15-16-5-10-21(37-27(30)31)22(11-16)36-4)26(35)23(38-25)13-19-9-7-17-6-8-18(29)12-20(17)32-19/h5-14,27H,15H2,1-4H3/b23-13-,25-14+. The predicted molar refractivity (Wildman–Crippen MR) is 148 cm³/mol. The smallest absolute Gasteiger partial charge is 0.387 e. The van der Waals surface area contributed by atoms with E-state index in [9.17, 15) is 18.4 Å². The highest BCUT2D eigenvalue weighted by molar-refractivity contribution is 9.10. The molecule has 0 bridgehead atoms. The van der Waals surface area contributed by atoms with Crippen LogP contribution in [0.1, 0.15) is 32.0 Å². The van der Waals surface area contributed by atoms with Gasteiger partial charge in [-0.3, -0.25) is 14.2 Å². The third kappa shape index (κ3) is 6.36. The van der Waals surface area contributed by atoms with E-state index in [0.29, 0.717) is 20.5 Å². The van der Waals surface area contributed by atoms with Crippen molar-refractivity contribution in [1.82, 2.24) is 9.55 Å². The number of rotatable bonds is 7. The maximum Gasteiger partial charge on any atom is 0.387 e. The van der Waals surface area contributed by atoms with Crippen molar-refractivity contribution < 1.29 is 23.0 Å². The number of nitrogens with zero attached hydrogens (tertiary/aromatic N) is 2. The summed E-state index contributed by atoms with van der Waals surface area (Å²) in [5.74, 6) is -0.131. The van der Waals surface area contributed by atoms with Crippen molar-refractivity contribution in [2.24, 2.45) is 5.41 Å². The minimum atomic E-state index is -3.00. The first-order valence-corrected chi connectivity index (χ1v) is 13.2. The summed E-state index contributed by atoms with van der Waals surface area (Å²) >= 11 is 4.64. The minimum absolute atomic E-state index is 0.0931. The Hall–Kier alpha value is -3.37. The van der Waals surface area contributed by atoms with E-state index in [1.807, 2.05) is 30.3 Å². The van der Waals surface area contributed by atoms with Gasteiger partial charge in [-0.2, -0.15) is 8.78 Å². The van der Waals surface area contributed by atoms with Crippen molar-refractivity contribution in [2.75, 3.05) is 7.11 Å². The summed E-state index contributed by atoms with van der Waals surface area (Å²) in [5.41, 5.74) is 1.05. The molecule has 0 saturated heterocycles. The quantitative estimate of drug-likeness (QED) is 0.294. The molecule has 0 aliphatic carbocycles. The Morgan fingerprint density at radius 2 is 1.87 bits per heavy atom. The molecule has 0 amide bonds. The lowest BCUT2D eigenvalue weighted by Gasteiger charge is -2.13. The molecule has 38 heavy (non-hydrogen) atoms. The van der Waals surface area contributed by atoms with Crippen LogP contribution in [-0.2, 0) is 11.3 Å². The van der Waals surface area contributed by atoms with Gasteiger partial charge in [0.1, 0.15) is 4.66 Å². The lowest BCUT2D eigenvalue weighted by molar-refractivity contribution is -0.120. The Kier molecular flexibility index (Phi) is 8.13. The van der Waals surface area contributed by atoms with E-state index < -0.39 is 12.0 Å². The van der Waals surface area contributed by atoms with Crippen LogP contribution >= 0.6 is 27.3 Å². The third-order valence-electron chi connectivity index (χ3n) is 5.67. The number of ether oxygens (including phenoxy) is 2. The molecule has 0 aliphatic heterocycles. The largest absolute Gasteiger partial charge is 0.493 e. The van der Waals surface area contributed by atoms with Crippen LogP contribution in [0.2, 0.25) is 0 Å². The van der Waals surface area contributed by atoms with Crippen molar-refractivity contribution in [3.63, 3.8) is 0 Å². The average molecular weight is 603 g/mol. The fraction of sp³-hybridized carbons (Fsp3) is 0.250. The van der Waals surface area contributed by atoms with Crippen molar-refractivity contribution in [3.05, 3.63) is 83.8 Å². The van der Waals surface area contributed by atoms with Crippen LogP contribution < -0.4 is 24.2 Å². The Morgan fingerprint density at radius 1 is 1.13 bits per heavy atom. The van der Waals surface area contributed by atoms with Gasteiger partial charge in [0.2, 0.25) is 0 Å². The number of methoxy groups -OCH3 is 1. The summed E-state index contributed by atoms with van der Waals surface area (Å²) in [6.45, 7) is 2.51. The second-order valence-electron chi connectivity index (χ2n) is 9.54. The monoisotopic (exact) mass is 602 g/mol. The van der Waals surface area contributed by atoms with Crippen LogP contribution in [0.3, 0.4) is 0 Å². The van der Waals surface area contributed by atoms with Gasteiger partial charge in [-0.15, -0.1) is 11.3 Å². The number of aromatic nitrogens is 2. The van der Waals surface area contributed by atoms with Crippen LogP contribution in [0.25, 0.3) is 23.1 Å². The first kappa shape index (κ1) is 27.7. The van der Waals surface area contributed by atoms with E-state index >= 15 is 0 Å². The highest BCUT2D eigenvalue weighted by atomic mass is 79.9. The molecular formula is C28H25BrF2N2O4S. The molecule has 10 heteroatoms. The zero-order chi connectivity index (χ0) is 27.6. The van der Waals surface area contributed by atoms with Crippen molar-refractivity contribution in [3.8, 4) is 11.5 Å². The number of Topliss-reactive ketones (excluding diaryl/α,β-unsaturated/α-hetero) is 1. The number of halogens is 3. The van der Waals surface area contributed by atoms with E-state index in [-0.39, 0.29) is 29.4 Å². The van der Waals surface area contributed by atoms with Gasteiger partial charge in [0.05, 0.1) is 29.4 Å². The summed E-state index contributed by atoms with van der Waals surface area (Å²) in [4.78, 5) is 31.0. The van der Waals surface area contributed by atoms with E-state index in [1.54, 1.807) is 32.9 Å². The molecule has 4 aromatic rings. The Labute approximate surface area is 230 Å². The average Bonchev–Trinajstić information content (AvgIpc) is 3.12. The SMILES string of the molecule is COc1cc(Cn2c(=O)/c(=C/c3ccc4ccc(Br)cc4n3)s/c2=C/C(=O)C(C)(C)C)ccc1OC(F)F. The van der Waals surface area contributed by atoms with Gasteiger partial charge in [-0.25, -0.2) is 4.98 Å². The molecule has 198 valence electrons. The Bertz CT molecular complexity index is 1690. The third-order valence-corrected chi connectivity index (χ3v) is 7.22. The lowest BCUT2D eigenvalue weighted by atomic mass is 9.91. The first-order valence-electron chi connectivity index (χ1n) is 11.6. The highest BCUT2D eigenvalue weighted by Gasteiger charge is 2.20. The molecule has 6 nitrogen and oxygen atoms in total. The Morgan fingerprint density at radius 3 is 2.55 bits per heavy atom. The van der Waals surface area contributed by atoms with E-state index in [2.05, 4.69) is 25.7 Å². The second kappa shape index (κ2) is 11.2. The molecule has 2 aromatic carbocycles. The first-order chi connectivity index (χ1) is 17.9. The molecule has 0 unspecified atom stereocenters. The van der Waals surface area contributed by atoms with Crippen molar-refractivity contribution in [1.29, 1.82) is 0 Å². The van der Waals surface area contributed by atoms with Crippen LogP contribution in [0, 0.1) is 5.41 Å². The molecule has 0 aliphatic rings. The number of pyridine rings is 1. The van der Waals surface area contributed by atoms with Crippen LogP contribution in [0.15, 0.2) is 57.8 Å². The number of hydrogen-bond acceptors (Lipinski definition) is 6. The van der Waals surface area contributed by atoms with Crippen LogP contribution in [0.5, 0.6) is 11.5 Å². The number of hydrogen-bond donors (Lipinski definition) is 0. The number of carbonyl (C=O) groups is 1. The number of thiazole rings is 1. The number of alkyl halides is 2. The van der Waals surface area contributed by atoms with Crippen LogP contribution in [0.4, 0.5) is 8.78 Å². The van der Waals surface area contributed by atoms with Gasteiger partial charge >= 0.3 is 6.61 Å². The lowest BCUT2D eigenvalue weighted by Crippen LogP contribution is -2.33. The van der Waals surface area contributed by atoms with Gasteiger partial charge in [0.25, 0.3) is 5.56 Å². The van der Waals surface area contributed by atoms with Gasteiger partial charge in [-0.05, 0) is 42.0 Å². The predicted octanol–water partition coefficient (Wildman–Crippen LogP) is 5.10. The molecule has 4 rings (SSSR count). The highest BCUT2D eigenvalue weighted by Crippen LogP contribution is 2.29. The second-order valence-corrected chi connectivity index (χ2v) is 11.5. The minimum Gasteiger partial charge on any atom is -0.493 e. The normalized spacial score (nSPS) is 12.9. The summed E-state index contributed by atoms with van der Waals surface area (Å²) < 4.78 is 38.4. The molecule has 0 atom stereocenters. The molecule has 0 spiro atoms. The molecular weight excluding hydrogens is 578 g/mol. The van der Waals surface area contributed by atoms with E-state index in [1.165, 1.54) is 41.2 Å². The van der Waals surface area contributed by atoms with Gasteiger partial charge in [-0.1, -0.05) is 54.9 Å². The molecule has 2 aromatic heterocycles. The molecule has 0 N–H and O–H groups in total. The summed E-state index contributed by atoms with van der Waals surface area (Å²) in [5, 5.41) is 0.965. The maximum absolute atomic E-state index is 13.5. The molecule has 0 fully saturated rings. The summed E-state index contributed by atoms with van der Waals surface area (Å²) in [6.07, 6.45) is 3.17. The van der Waals surface area contributed by atoms with Gasteiger partial charge in [0, 0.05) is 21.3 Å². The number of ketones is 1. The molecule has 0 saturated carbocycles. The van der Waals surface area contributed by atoms with Crippen molar-refractivity contribution >= 4 is 56.1 Å². The molecule has 0 radical (unpaired) electrons. The number of benzene rings is 2. The van der Waals surface area contributed by atoms with Crippen molar-refractivity contribution in [2.45, 2.75) is 33.9 Å². The fourth-order valence-electron chi connectivity index (χ4n) is 3.63. The summed E-state index contributed by atoms with van der Waals surface area (Å²) in [7, 11) is 1.34. The zero-order valence-corrected chi connectivity index (χ0v) is 23.5. The zero-order valence-electron chi connectivity index (χ0n) is 21.1. The maximum atomic E-state index is 13.5. The summed E-state index contributed by atoms with van der Waals surface area (Å²) in [6, 6.07) is 14.0. The fourth-order valence-corrected chi connectivity index (χ4v) is 5.00. The van der Waals surface area contributed by atoms with E-state index in [0.717, 1.165) is 15.4 Å². The van der Waals surface area contributed by atoms with Gasteiger partial charge in [0.15, 0.2) is 17.3 Å². The molecule has 2 heterocycles. The topological polar surface area (TPSA) is 70.4 Å². The van der Waals surface area contributed by atoms with Crippen LogP contribution in [-0.4, -0.2) is 29.1 Å². The number of carbonyl (C=O) groups excluding carboxylic acids is 1.